The first-order valence-electron chi connectivity index (χ1n) is 11.4. The maximum Gasteiger partial charge on any atom is 0.337 e. The van der Waals surface area contributed by atoms with Crippen molar-refractivity contribution in [3.63, 3.8) is 0 Å². The fourth-order valence-corrected chi connectivity index (χ4v) is 5.87. The smallest absolute Gasteiger partial charge is 0.337 e. The SMILES string of the molecule is COc1ncc(-c2cc3c(cn2)CCc2c-3[nH]c(C3(C4(N)CC4)CN(C)C3)c2C(=O)O)cc1F. The Labute approximate surface area is 196 Å². The number of aryl methyl sites for hydroxylation is 1. The van der Waals surface area contributed by atoms with E-state index in [1.165, 1.54) is 19.4 Å². The zero-order valence-electron chi connectivity index (χ0n) is 19.1. The number of ether oxygens (including phenoxy) is 1. The molecule has 1 saturated carbocycles. The summed E-state index contributed by atoms with van der Waals surface area (Å²) in [7, 11) is 3.40. The van der Waals surface area contributed by atoms with Crippen LogP contribution in [0, 0.1) is 5.82 Å². The first-order valence-corrected chi connectivity index (χ1v) is 11.4. The predicted molar refractivity (Wildman–Crippen MR) is 123 cm³/mol. The van der Waals surface area contributed by atoms with Gasteiger partial charge in [-0.1, -0.05) is 0 Å². The number of carboxylic acids is 1. The number of aromatic nitrogens is 3. The lowest BCUT2D eigenvalue weighted by atomic mass is 9.68. The Bertz CT molecular complexity index is 1340. The second-order valence-electron chi connectivity index (χ2n) is 9.89. The van der Waals surface area contributed by atoms with Crippen molar-refractivity contribution in [3.05, 3.63) is 52.7 Å². The van der Waals surface area contributed by atoms with Gasteiger partial charge in [0.15, 0.2) is 5.82 Å². The molecule has 0 radical (unpaired) electrons. The molecule has 0 unspecified atom stereocenters. The maximum absolute atomic E-state index is 14.3. The Morgan fingerprint density at radius 2 is 2.00 bits per heavy atom. The Kier molecular flexibility index (Phi) is 4.44. The van der Waals surface area contributed by atoms with Crippen LogP contribution in [-0.2, 0) is 18.3 Å². The molecule has 0 bridgehead atoms. The average molecular weight is 464 g/mol. The number of pyridine rings is 2. The third-order valence-corrected chi connectivity index (χ3v) is 7.81. The van der Waals surface area contributed by atoms with Crippen LogP contribution in [0.1, 0.15) is 40.0 Å². The van der Waals surface area contributed by atoms with Crippen molar-refractivity contribution in [1.82, 2.24) is 19.9 Å². The average Bonchev–Trinajstić information content (AvgIpc) is 3.42. The van der Waals surface area contributed by atoms with E-state index in [2.05, 4.69) is 19.9 Å². The van der Waals surface area contributed by atoms with E-state index in [0.29, 0.717) is 29.7 Å². The first kappa shape index (κ1) is 21.2. The Hall–Kier alpha value is -3.30. The summed E-state index contributed by atoms with van der Waals surface area (Å²) >= 11 is 0. The molecule has 0 atom stereocenters. The van der Waals surface area contributed by atoms with Crippen molar-refractivity contribution in [1.29, 1.82) is 0 Å². The normalized spacial score (nSPS) is 19.6. The summed E-state index contributed by atoms with van der Waals surface area (Å²) in [4.78, 5) is 26.8. The van der Waals surface area contributed by atoms with Crippen LogP contribution >= 0.6 is 0 Å². The van der Waals surface area contributed by atoms with Crippen molar-refractivity contribution >= 4 is 5.97 Å². The molecular weight excluding hydrogens is 437 g/mol. The summed E-state index contributed by atoms with van der Waals surface area (Å²) in [5.74, 6) is -1.57. The number of likely N-dealkylation sites (N-methyl/N-ethyl adjacent to an activating group) is 1. The zero-order chi connectivity index (χ0) is 23.8. The molecule has 0 aromatic carbocycles. The highest BCUT2D eigenvalue weighted by molar-refractivity contribution is 5.95. The van der Waals surface area contributed by atoms with Gasteiger partial charge in [-0.2, -0.15) is 0 Å². The summed E-state index contributed by atoms with van der Waals surface area (Å²) in [5.41, 5.74) is 11.7. The van der Waals surface area contributed by atoms with Crippen molar-refractivity contribution in [2.75, 3.05) is 27.2 Å². The van der Waals surface area contributed by atoms with Crippen LogP contribution in [0.2, 0.25) is 0 Å². The summed E-state index contributed by atoms with van der Waals surface area (Å²) in [5, 5.41) is 10.3. The molecule has 4 N–H and O–H groups in total. The Balaban J connectivity index is 1.50. The highest BCUT2D eigenvalue weighted by atomic mass is 19.1. The highest BCUT2D eigenvalue weighted by Crippen LogP contribution is 2.55. The standard InChI is InChI=1S/C25H26FN5O3/c1-31-11-24(12-31,25(27)5-6-25)21-19(23(32)33)15-4-3-13-9-28-18(8-16(13)20(15)30-21)14-7-17(26)22(34-2)29-10-14/h7-10,30H,3-6,11-12,27H2,1-2H3,(H,32,33). The van der Waals surface area contributed by atoms with Gasteiger partial charge in [0.1, 0.15) is 0 Å². The van der Waals surface area contributed by atoms with Gasteiger partial charge in [-0.15, -0.1) is 0 Å². The topological polar surface area (TPSA) is 117 Å². The van der Waals surface area contributed by atoms with Crippen LogP contribution in [-0.4, -0.2) is 63.7 Å². The molecule has 3 aromatic heterocycles. The molecule has 176 valence electrons. The minimum Gasteiger partial charge on any atom is -0.479 e. The Morgan fingerprint density at radius 1 is 1.24 bits per heavy atom. The first-order chi connectivity index (χ1) is 16.3. The molecule has 3 aromatic rings. The quantitative estimate of drug-likeness (QED) is 0.533. The van der Waals surface area contributed by atoms with E-state index in [9.17, 15) is 14.3 Å². The number of aromatic carboxylic acids is 1. The van der Waals surface area contributed by atoms with Crippen molar-refractivity contribution in [3.8, 4) is 28.4 Å². The number of nitrogens with one attached hydrogen (secondary N) is 1. The van der Waals surface area contributed by atoms with Crippen LogP contribution in [0.3, 0.4) is 0 Å². The van der Waals surface area contributed by atoms with E-state index >= 15 is 0 Å². The van der Waals surface area contributed by atoms with Gasteiger partial charge in [-0.25, -0.2) is 14.2 Å². The second kappa shape index (κ2) is 7.10. The minimum absolute atomic E-state index is 0.0735. The summed E-state index contributed by atoms with van der Waals surface area (Å²) in [6.07, 6.45) is 6.39. The number of carbonyl (C=O) groups is 1. The molecule has 3 aliphatic rings. The summed E-state index contributed by atoms with van der Waals surface area (Å²) in [6.45, 7) is 1.46. The van der Waals surface area contributed by atoms with Gasteiger partial charge in [-0.05, 0) is 56.0 Å². The molecule has 2 aliphatic carbocycles. The number of hydrogen-bond acceptors (Lipinski definition) is 6. The number of fused-ring (bicyclic) bond motifs is 3. The van der Waals surface area contributed by atoms with E-state index in [-0.39, 0.29) is 11.4 Å². The number of rotatable bonds is 5. The molecular formula is C25H26FN5O3. The maximum atomic E-state index is 14.3. The van der Waals surface area contributed by atoms with Crippen LogP contribution in [0.5, 0.6) is 5.88 Å². The molecule has 9 heteroatoms. The van der Waals surface area contributed by atoms with Crippen LogP contribution < -0.4 is 10.5 Å². The van der Waals surface area contributed by atoms with Gasteiger partial charge in [0.25, 0.3) is 0 Å². The molecule has 8 nitrogen and oxygen atoms in total. The zero-order valence-corrected chi connectivity index (χ0v) is 19.1. The highest BCUT2D eigenvalue weighted by Gasteiger charge is 2.64. The number of nitrogens with two attached hydrogens (primary N) is 1. The molecule has 0 spiro atoms. The second-order valence-corrected chi connectivity index (χ2v) is 9.89. The van der Waals surface area contributed by atoms with Crippen molar-refractivity contribution in [2.45, 2.75) is 36.6 Å². The lowest BCUT2D eigenvalue weighted by Crippen LogP contribution is -2.68. The number of methoxy groups -OCH3 is 1. The summed E-state index contributed by atoms with van der Waals surface area (Å²) < 4.78 is 19.2. The van der Waals surface area contributed by atoms with Gasteiger partial charge in [0, 0.05) is 47.8 Å². The number of carboxylic acid groups (broad SMARTS) is 1. The van der Waals surface area contributed by atoms with Crippen molar-refractivity contribution < 1.29 is 19.0 Å². The van der Waals surface area contributed by atoms with Crippen LogP contribution in [0.15, 0.2) is 24.5 Å². The van der Waals surface area contributed by atoms with E-state index in [1.807, 2.05) is 13.1 Å². The number of hydrogen-bond donors (Lipinski definition) is 3. The van der Waals surface area contributed by atoms with Gasteiger partial charge in [0.2, 0.25) is 5.88 Å². The monoisotopic (exact) mass is 463 g/mol. The lowest BCUT2D eigenvalue weighted by molar-refractivity contribution is 0.0541. The third kappa shape index (κ3) is 2.86. The van der Waals surface area contributed by atoms with E-state index < -0.39 is 17.2 Å². The predicted octanol–water partition coefficient (Wildman–Crippen LogP) is 2.76. The largest absolute Gasteiger partial charge is 0.479 e. The number of H-pyrrole nitrogens is 1. The van der Waals surface area contributed by atoms with Gasteiger partial charge >= 0.3 is 5.97 Å². The van der Waals surface area contributed by atoms with Gasteiger partial charge in [0.05, 0.1) is 29.5 Å². The van der Waals surface area contributed by atoms with Gasteiger partial charge in [-0.3, -0.25) is 4.98 Å². The Morgan fingerprint density at radius 3 is 2.62 bits per heavy atom. The summed E-state index contributed by atoms with van der Waals surface area (Å²) in [6, 6.07) is 3.23. The minimum atomic E-state index is -0.926. The number of aromatic amines is 1. The molecule has 1 saturated heterocycles. The lowest BCUT2D eigenvalue weighted by Gasteiger charge is -2.52. The van der Waals surface area contributed by atoms with Crippen LogP contribution in [0.4, 0.5) is 4.39 Å². The fraction of sp³-hybridized carbons (Fsp3) is 0.400. The fourth-order valence-electron chi connectivity index (χ4n) is 5.87. The van der Waals surface area contributed by atoms with Crippen LogP contribution in [0.25, 0.3) is 22.5 Å². The molecule has 2 fully saturated rings. The van der Waals surface area contributed by atoms with E-state index in [4.69, 9.17) is 10.5 Å². The molecule has 4 heterocycles. The molecule has 0 amide bonds. The number of likely N-dealkylation sites (tertiary alicyclic amines) is 1. The van der Waals surface area contributed by atoms with E-state index in [0.717, 1.165) is 54.0 Å². The van der Waals surface area contributed by atoms with Gasteiger partial charge < -0.3 is 25.5 Å². The number of halogens is 1. The molecule has 1 aliphatic heterocycles. The third-order valence-electron chi connectivity index (χ3n) is 7.81. The van der Waals surface area contributed by atoms with Crippen molar-refractivity contribution in [2.24, 2.45) is 5.73 Å². The van der Waals surface area contributed by atoms with E-state index in [1.54, 1.807) is 6.20 Å². The molecule has 6 rings (SSSR count). The molecule has 34 heavy (non-hydrogen) atoms. The number of nitrogens with zero attached hydrogens (tertiary/aromatic N) is 3.